The summed E-state index contributed by atoms with van der Waals surface area (Å²) >= 11 is 5.94. The highest BCUT2D eigenvalue weighted by Crippen LogP contribution is 2.25. The van der Waals surface area contributed by atoms with E-state index in [9.17, 15) is 4.79 Å². The molecule has 3 aromatic rings. The molecular weight excluding hydrogens is 302 g/mol. The summed E-state index contributed by atoms with van der Waals surface area (Å²) in [6.07, 6.45) is 0.604. The fourth-order valence-electron chi connectivity index (χ4n) is 2.36. The van der Waals surface area contributed by atoms with Crippen LogP contribution in [-0.4, -0.2) is 21.4 Å². The highest BCUT2D eigenvalue weighted by atomic mass is 35.5. The van der Waals surface area contributed by atoms with Crippen molar-refractivity contribution in [3.8, 4) is 0 Å². The fourth-order valence-corrected chi connectivity index (χ4v) is 2.48. The van der Waals surface area contributed by atoms with Crippen LogP contribution in [0.3, 0.4) is 0 Å². The number of nitrogens with one attached hydrogen (secondary N) is 2. The van der Waals surface area contributed by atoms with E-state index in [4.69, 9.17) is 11.6 Å². The smallest absolute Gasteiger partial charge is 0.221 e. The highest BCUT2D eigenvalue weighted by Gasteiger charge is 2.15. The van der Waals surface area contributed by atoms with E-state index in [2.05, 4.69) is 21.2 Å². The number of hydrogen-bond acceptors (Lipinski definition) is 4. The molecule has 1 atom stereocenters. The van der Waals surface area contributed by atoms with Crippen LogP contribution in [0.2, 0.25) is 5.02 Å². The second-order valence-corrected chi connectivity index (χ2v) is 5.29. The van der Waals surface area contributed by atoms with Crippen molar-refractivity contribution in [2.75, 3.05) is 0 Å². The van der Waals surface area contributed by atoms with E-state index in [1.54, 1.807) is 4.68 Å². The first-order chi connectivity index (χ1) is 10.7. The summed E-state index contributed by atoms with van der Waals surface area (Å²) in [7, 11) is 1.84. The molecule has 0 saturated carbocycles. The Hall–Kier alpha value is -2.44. The van der Waals surface area contributed by atoms with Crippen LogP contribution in [0.25, 0.3) is 11.0 Å². The maximum absolute atomic E-state index is 10.6. The van der Waals surface area contributed by atoms with Crippen molar-refractivity contribution >= 4 is 29.0 Å². The van der Waals surface area contributed by atoms with E-state index in [0.717, 1.165) is 22.2 Å². The quantitative estimate of drug-likeness (QED) is 0.558. The number of halogens is 1. The van der Waals surface area contributed by atoms with Gasteiger partial charge >= 0.3 is 0 Å². The lowest BCUT2D eigenvalue weighted by atomic mass is 9.99. The first-order valence-corrected chi connectivity index (χ1v) is 7.06. The van der Waals surface area contributed by atoms with Crippen LogP contribution < -0.4 is 10.9 Å². The van der Waals surface area contributed by atoms with Crippen LogP contribution in [0.1, 0.15) is 17.2 Å². The van der Waals surface area contributed by atoms with Gasteiger partial charge in [-0.3, -0.25) is 10.2 Å². The Labute approximate surface area is 132 Å². The minimum atomic E-state index is -0.207. The molecule has 6 nitrogen and oxygen atoms in total. The molecule has 3 rings (SSSR count). The van der Waals surface area contributed by atoms with E-state index < -0.39 is 0 Å². The zero-order chi connectivity index (χ0) is 15.5. The standard InChI is InChI=1S/C15H14ClN5O/c1-21-14-8-11(4-7-13(14)18-20-21)15(19-17-9-22)10-2-5-12(16)6-3-10/h2-9,15,19H,1H3,(H,17,22). The van der Waals surface area contributed by atoms with E-state index in [0.29, 0.717) is 11.4 Å². The van der Waals surface area contributed by atoms with Crippen molar-refractivity contribution in [3.63, 3.8) is 0 Å². The molecule has 22 heavy (non-hydrogen) atoms. The van der Waals surface area contributed by atoms with Crippen LogP contribution in [0, 0.1) is 0 Å². The normalized spacial score (nSPS) is 12.3. The second-order valence-electron chi connectivity index (χ2n) is 4.85. The number of rotatable bonds is 5. The molecule has 0 fully saturated rings. The number of carbonyl (C=O) groups excluding carboxylic acids is 1. The number of aryl methyl sites for hydroxylation is 1. The van der Waals surface area contributed by atoms with E-state index in [1.165, 1.54) is 0 Å². The first kappa shape index (κ1) is 14.5. The molecule has 2 N–H and O–H groups in total. The van der Waals surface area contributed by atoms with Crippen molar-refractivity contribution in [1.82, 2.24) is 25.8 Å². The highest BCUT2D eigenvalue weighted by molar-refractivity contribution is 6.30. The Bertz CT molecular complexity index is 799. The van der Waals surface area contributed by atoms with Gasteiger partial charge in [-0.05, 0) is 35.4 Å². The average molecular weight is 316 g/mol. The zero-order valence-electron chi connectivity index (χ0n) is 11.8. The number of aromatic nitrogens is 3. The molecule has 0 aliphatic carbocycles. The third kappa shape index (κ3) is 2.79. The van der Waals surface area contributed by atoms with Gasteiger partial charge in [0.25, 0.3) is 0 Å². The third-order valence-electron chi connectivity index (χ3n) is 3.46. The van der Waals surface area contributed by atoms with Crippen LogP contribution >= 0.6 is 11.6 Å². The fraction of sp³-hybridized carbons (Fsp3) is 0.133. The van der Waals surface area contributed by atoms with Crippen LogP contribution in [0.4, 0.5) is 0 Å². The Morgan fingerprint density at radius 2 is 1.91 bits per heavy atom. The molecule has 1 amide bonds. The van der Waals surface area contributed by atoms with Gasteiger partial charge in [-0.1, -0.05) is 35.0 Å². The Morgan fingerprint density at radius 1 is 1.18 bits per heavy atom. The molecule has 112 valence electrons. The predicted octanol–water partition coefficient (Wildman–Crippen LogP) is 1.96. The Kier molecular flexibility index (Phi) is 4.04. The van der Waals surface area contributed by atoms with Crippen LogP contribution in [0.5, 0.6) is 0 Å². The zero-order valence-corrected chi connectivity index (χ0v) is 12.6. The number of amides is 1. The molecule has 0 bridgehead atoms. The van der Waals surface area contributed by atoms with Gasteiger partial charge in [0.2, 0.25) is 6.41 Å². The topological polar surface area (TPSA) is 71.8 Å². The van der Waals surface area contributed by atoms with Crippen molar-refractivity contribution in [3.05, 3.63) is 58.6 Å². The van der Waals surface area contributed by atoms with Crippen molar-refractivity contribution in [1.29, 1.82) is 0 Å². The molecule has 2 aromatic carbocycles. The predicted molar refractivity (Wildman–Crippen MR) is 84.1 cm³/mol. The molecule has 0 aliphatic heterocycles. The number of hydrogen-bond donors (Lipinski definition) is 2. The molecule has 0 spiro atoms. The van der Waals surface area contributed by atoms with Gasteiger partial charge < -0.3 is 0 Å². The van der Waals surface area contributed by atoms with Crippen molar-refractivity contribution < 1.29 is 4.79 Å². The monoisotopic (exact) mass is 315 g/mol. The molecule has 7 heteroatoms. The maximum atomic E-state index is 10.6. The Balaban J connectivity index is 2.04. The lowest BCUT2D eigenvalue weighted by Crippen LogP contribution is -2.34. The number of carbonyl (C=O) groups is 1. The van der Waals surface area contributed by atoms with E-state index in [1.807, 2.05) is 49.5 Å². The van der Waals surface area contributed by atoms with E-state index >= 15 is 0 Å². The molecule has 1 aromatic heterocycles. The molecular formula is C15H14ClN5O. The van der Waals surface area contributed by atoms with Gasteiger partial charge in [-0.25, -0.2) is 10.1 Å². The van der Waals surface area contributed by atoms with Gasteiger partial charge in [0.05, 0.1) is 11.6 Å². The number of hydrazine groups is 1. The average Bonchev–Trinajstić information content (AvgIpc) is 2.90. The lowest BCUT2D eigenvalue weighted by Gasteiger charge is -2.19. The van der Waals surface area contributed by atoms with Crippen molar-refractivity contribution in [2.24, 2.45) is 7.05 Å². The molecule has 1 unspecified atom stereocenters. The summed E-state index contributed by atoms with van der Waals surface area (Å²) in [5, 5.41) is 8.73. The Morgan fingerprint density at radius 3 is 2.64 bits per heavy atom. The van der Waals surface area contributed by atoms with Gasteiger partial charge in [-0.15, -0.1) is 5.10 Å². The van der Waals surface area contributed by atoms with Gasteiger partial charge in [0, 0.05) is 12.1 Å². The SMILES string of the molecule is Cn1nnc2ccc(C(NNC=O)c3ccc(Cl)cc3)cc21. The first-order valence-electron chi connectivity index (χ1n) is 6.68. The second kappa shape index (κ2) is 6.13. The molecule has 0 radical (unpaired) electrons. The van der Waals surface area contributed by atoms with E-state index in [-0.39, 0.29) is 6.04 Å². The largest absolute Gasteiger partial charge is 0.293 e. The molecule has 0 aliphatic rings. The van der Waals surface area contributed by atoms with Gasteiger partial charge in [-0.2, -0.15) is 0 Å². The minimum absolute atomic E-state index is 0.207. The number of nitrogens with zero attached hydrogens (tertiary/aromatic N) is 3. The summed E-state index contributed by atoms with van der Waals surface area (Å²) in [5.74, 6) is 0. The minimum Gasteiger partial charge on any atom is -0.293 e. The van der Waals surface area contributed by atoms with Crippen LogP contribution in [0.15, 0.2) is 42.5 Å². The number of fused-ring (bicyclic) bond motifs is 1. The van der Waals surface area contributed by atoms with Crippen LogP contribution in [-0.2, 0) is 11.8 Å². The molecule has 1 heterocycles. The van der Waals surface area contributed by atoms with Crippen molar-refractivity contribution in [2.45, 2.75) is 6.04 Å². The summed E-state index contributed by atoms with van der Waals surface area (Å²) in [4.78, 5) is 10.6. The summed E-state index contributed by atoms with van der Waals surface area (Å²) < 4.78 is 1.71. The van der Waals surface area contributed by atoms with Gasteiger partial charge in [0.1, 0.15) is 5.52 Å². The lowest BCUT2D eigenvalue weighted by molar-refractivity contribution is -0.110. The maximum Gasteiger partial charge on any atom is 0.221 e. The summed E-state index contributed by atoms with van der Waals surface area (Å²) in [5.41, 5.74) is 9.21. The summed E-state index contributed by atoms with van der Waals surface area (Å²) in [6.45, 7) is 0. The summed E-state index contributed by atoms with van der Waals surface area (Å²) in [6, 6.07) is 13.1. The molecule has 0 saturated heterocycles. The van der Waals surface area contributed by atoms with Gasteiger partial charge in [0.15, 0.2) is 0 Å². The third-order valence-corrected chi connectivity index (χ3v) is 3.71. The number of benzene rings is 2.